The van der Waals surface area contributed by atoms with Crippen LogP contribution in [0.4, 0.5) is 29.9 Å². The highest BCUT2D eigenvalue weighted by molar-refractivity contribution is 8.14. The zero-order valence-electron chi connectivity index (χ0n) is 19.2. The first kappa shape index (κ1) is 23.2. The molecule has 1 aromatic carbocycles. The van der Waals surface area contributed by atoms with Crippen molar-refractivity contribution in [2.75, 3.05) is 29.6 Å². The summed E-state index contributed by atoms with van der Waals surface area (Å²) < 4.78 is 40.5. The van der Waals surface area contributed by atoms with Gasteiger partial charge in [-0.05, 0) is 25.5 Å². The maximum absolute atomic E-state index is 16.1. The number of rotatable bonds is 2. The molecule has 0 radical (unpaired) electrons. The first-order valence-electron chi connectivity index (χ1n) is 11.4. The maximum atomic E-state index is 16.1. The zero-order valence-corrected chi connectivity index (χ0v) is 20.0. The number of urea groups is 1. The van der Waals surface area contributed by atoms with Crippen LogP contribution in [-0.4, -0.2) is 71.5 Å². The molecule has 4 atom stereocenters. The second kappa shape index (κ2) is 7.87. The molecule has 3 saturated heterocycles. The molecular weight excluding hydrogens is 500 g/mol. The van der Waals surface area contributed by atoms with Crippen LogP contribution in [0.15, 0.2) is 10.6 Å². The van der Waals surface area contributed by atoms with Crippen molar-refractivity contribution in [3.05, 3.63) is 17.4 Å². The molecule has 190 valence electrons. The molecule has 11 nitrogen and oxygen atoms in total. The number of hydrogen-bond donors (Lipinski definition) is 2. The molecule has 4 aliphatic rings. The molecule has 2 N–H and O–H groups in total. The molecule has 5 heterocycles. The lowest BCUT2D eigenvalue weighted by molar-refractivity contribution is -0.153. The summed E-state index contributed by atoms with van der Waals surface area (Å²) in [6.07, 6.45) is -1.25. The fourth-order valence-corrected chi connectivity index (χ4v) is 6.77. The minimum absolute atomic E-state index is 0.0350. The Labute approximate surface area is 206 Å². The van der Waals surface area contributed by atoms with Crippen molar-refractivity contribution in [3.63, 3.8) is 0 Å². The maximum Gasteiger partial charge on any atom is 0.328 e. The van der Waals surface area contributed by atoms with Gasteiger partial charge in [-0.1, -0.05) is 16.9 Å². The lowest BCUT2D eigenvalue weighted by Gasteiger charge is -2.55. The van der Waals surface area contributed by atoms with E-state index in [1.807, 2.05) is 0 Å². The Morgan fingerprint density at radius 2 is 1.92 bits per heavy atom. The second-order valence-electron chi connectivity index (χ2n) is 9.49. The van der Waals surface area contributed by atoms with E-state index in [4.69, 9.17) is 9.26 Å². The van der Waals surface area contributed by atoms with E-state index in [1.165, 1.54) is 4.90 Å². The van der Waals surface area contributed by atoms with Crippen molar-refractivity contribution >= 4 is 57.3 Å². The topological polar surface area (TPSA) is 134 Å². The average Bonchev–Trinajstić information content (AvgIpc) is 3.39. The van der Waals surface area contributed by atoms with Gasteiger partial charge in [-0.3, -0.25) is 29.9 Å². The number of carbonyl (C=O) groups excluding carboxylic acids is 4. The van der Waals surface area contributed by atoms with E-state index in [-0.39, 0.29) is 48.1 Å². The van der Waals surface area contributed by atoms with Crippen LogP contribution < -0.4 is 20.4 Å². The van der Waals surface area contributed by atoms with E-state index in [1.54, 1.807) is 24.8 Å². The monoisotopic (exact) mass is 521 g/mol. The van der Waals surface area contributed by atoms with E-state index < -0.39 is 58.4 Å². The summed E-state index contributed by atoms with van der Waals surface area (Å²) in [5.74, 6) is -2.32. The first-order chi connectivity index (χ1) is 17.1. The Balaban J connectivity index is 1.55. The van der Waals surface area contributed by atoms with Crippen LogP contribution in [0.5, 0.6) is 0 Å². The third-order valence-corrected chi connectivity index (χ3v) is 8.28. The molecule has 36 heavy (non-hydrogen) atoms. The third kappa shape index (κ3) is 3.03. The Kier molecular flexibility index (Phi) is 5.06. The number of thioether (sulfide) groups is 1. The van der Waals surface area contributed by atoms with Crippen LogP contribution >= 0.6 is 11.8 Å². The van der Waals surface area contributed by atoms with Crippen LogP contribution in [0.3, 0.4) is 0 Å². The van der Waals surface area contributed by atoms with E-state index in [0.717, 1.165) is 11.8 Å². The predicted octanol–water partition coefficient (Wildman–Crippen LogP) is 1.87. The standard InChI is InChI=1S/C22H21F2N5O6S/c1-8-6-28-14-10(4-22(16(28)9(2)34-8)18(30)25-20(32)26-19(22)31)3-12-15(13(14)24)35-27-17(12)29-7-11(5-23)36-21(29)33/h3,8-9,11,16H,4-7H2,1-2H3,(H2,25,26,30,31,32)/t8-,9+,11+,16-/m1/s1. The number of halogens is 2. The molecule has 0 aliphatic carbocycles. The molecule has 0 bridgehead atoms. The number of imide groups is 2. The summed E-state index contributed by atoms with van der Waals surface area (Å²) in [4.78, 5) is 53.7. The zero-order chi connectivity index (χ0) is 25.5. The summed E-state index contributed by atoms with van der Waals surface area (Å²) >= 11 is 0.824. The number of nitrogens with one attached hydrogen (secondary N) is 2. The summed E-state index contributed by atoms with van der Waals surface area (Å²) in [5.41, 5.74) is -1.53. The van der Waals surface area contributed by atoms with Gasteiger partial charge in [-0.25, -0.2) is 13.6 Å². The molecule has 14 heteroatoms. The summed E-state index contributed by atoms with van der Waals surface area (Å²) in [6, 6.07) is -0.299. The molecule has 3 fully saturated rings. The molecule has 4 aliphatic heterocycles. The number of barbiturate groups is 1. The van der Waals surface area contributed by atoms with Crippen LogP contribution in [0.1, 0.15) is 19.4 Å². The van der Waals surface area contributed by atoms with Gasteiger partial charge >= 0.3 is 6.03 Å². The van der Waals surface area contributed by atoms with Gasteiger partial charge < -0.3 is 14.2 Å². The number of fused-ring (bicyclic) bond motifs is 5. The first-order valence-corrected chi connectivity index (χ1v) is 12.3. The van der Waals surface area contributed by atoms with E-state index in [9.17, 15) is 23.6 Å². The van der Waals surface area contributed by atoms with Crippen LogP contribution in [-0.2, 0) is 20.7 Å². The van der Waals surface area contributed by atoms with Crippen LogP contribution in [0.2, 0.25) is 0 Å². The summed E-state index contributed by atoms with van der Waals surface area (Å²) in [6.45, 7) is 2.97. The lowest BCUT2D eigenvalue weighted by Crippen LogP contribution is -2.75. The molecule has 6 rings (SSSR count). The molecule has 5 amide bonds. The molecular formula is C22H21F2N5O6S. The van der Waals surface area contributed by atoms with E-state index in [0.29, 0.717) is 5.56 Å². The molecule has 0 unspecified atom stereocenters. The SMILES string of the molecule is C[C@@H]1CN2c3c(cc4c(N5C[C@H](CF)SC5=O)noc4c3F)CC3(C(=O)NC(=O)NC3=O)[C@H]2[C@H](C)O1. The number of carbonyl (C=O) groups is 4. The molecule has 0 saturated carbocycles. The summed E-state index contributed by atoms with van der Waals surface area (Å²) in [5, 5.41) is 7.41. The highest BCUT2D eigenvalue weighted by Crippen LogP contribution is 2.50. The van der Waals surface area contributed by atoms with Gasteiger partial charge in [-0.15, -0.1) is 0 Å². The minimum Gasteiger partial charge on any atom is -0.372 e. The fourth-order valence-electron chi connectivity index (χ4n) is 5.91. The second-order valence-corrected chi connectivity index (χ2v) is 10.7. The number of aromatic nitrogens is 1. The van der Waals surface area contributed by atoms with E-state index >= 15 is 4.39 Å². The molecule has 1 aromatic heterocycles. The van der Waals surface area contributed by atoms with Crippen molar-refractivity contribution in [1.29, 1.82) is 0 Å². The number of morpholine rings is 1. The number of anilines is 2. The van der Waals surface area contributed by atoms with Crippen molar-refractivity contribution in [1.82, 2.24) is 15.8 Å². The number of benzene rings is 1. The molecule has 2 aromatic rings. The van der Waals surface area contributed by atoms with Gasteiger partial charge in [0, 0.05) is 19.5 Å². The number of nitrogens with zero attached hydrogens (tertiary/aromatic N) is 3. The van der Waals surface area contributed by atoms with Crippen molar-refractivity contribution in [3.8, 4) is 0 Å². The van der Waals surface area contributed by atoms with Crippen molar-refractivity contribution < 1.29 is 37.2 Å². The lowest BCUT2D eigenvalue weighted by atomic mass is 9.66. The van der Waals surface area contributed by atoms with E-state index in [2.05, 4.69) is 15.8 Å². The average molecular weight is 522 g/mol. The number of ether oxygens (including phenoxy) is 1. The number of hydrogen-bond acceptors (Lipinski definition) is 9. The van der Waals surface area contributed by atoms with Crippen LogP contribution in [0, 0.1) is 11.2 Å². The van der Waals surface area contributed by atoms with Gasteiger partial charge in [-0.2, -0.15) is 0 Å². The number of alkyl halides is 1. The van der Waals surface area contributed by atoms with Gasteiger partial charge in [0.1, 0.15) is 6.67 Å². The Hall–Kier alpha value is -3.26. The van der Waals surface area contributed by atoms with Gasteiger partial charge in [0.15, 0.2) is 17.1 Å². The smallest absolute Gasteiger partial charge is 0.328 e. The Morgan fingerprint density at radius 3 is 2.58 bits per heavy atom. The normalized spacial score (nSPS) is 29.4. The third-order valence-electron chi connectivity index (χ3n) is 7.25. The quantitative estimate of drug-likeness (QED) is 0.568. The largest absolute Gasteiger partial charge is 0.372 e. The summed E-state index contributed by atoms with van der Waals surface area (Å²) in [7, 11) is 0. The number of amides is 5. The Bertz CT molecular complexity index is 1330. The van der Waals surface area contributed by atoms with Crippen LogP contribution in [0.25, 0.3) is 11.0 Å². The van der Waals surface area contributed by atoms with Crippen molar-refractivity contribution in [2.24, 2.45) is 5.41 Å². The highest BCUT2D eigenvalue weighted by Gasteiger charge is 2.63. The Morgan fingerprint density at radius 1 is 1.19 bits per heavy atom. The highest BCUT2D eigenvalue weighted by atomic mass is 32.2. The van der Waals surface area contributed by atoms with Gasteiger partial charge in [0.2, 0.25) is 17.4 Å². The fraction of sp³-hybridized carbons (Fsp3) is 0.500. The molecule has 1 spiro atoms. The van der Waals surface area contributed by atoms with Gasteiger partial charge in [0.05, 0.1) is 34.6 Å². The predicted molar refractivity (Wildman–Crippen MR) is 123 cm³/mol. The minimum atomic E-state index is -1.78. The van der Waals surface area contributed by atoms with Gasteiger partial charge in [0.25, 0.3) is 5.24 Å². The van der Waals surface area contributed by atoms with Crippen molar-refractivity contribution in [2.45, 2.75) is 43.8 Å².